The van der Waals surface area contributed by atoms with E-state index in [9.17, 15) is 9.59 Å². The number of aryl methyl sites for hydroxylation is 1. The van der Waals surface area contributed by atoms with Crippen LogP contribution in [0.4, 0.5) is 4.39 Å². The van der Waals surface area contributed by atoms with E-state index in [2.05, 4.69) is 27.4 Å². The lowest BCUT2D eigenvalue weighted by Gasteiger charge is -2.32. The molecule has 1 saturated carbocycles. The van der Waals surface area contributed by atoms with Crippen LogP contribution in [-0.4, -0.2) is 47.3 Å². The van der Waals surface area contributed by atoms with Crippen molar-refractivity contribution in [1.82, 2.24) is 20.4 Å². The number of aromatic amines is 1. The minimum absolute atomic E-state index is 0.153. The number of fused-ring (bicyclic) bond motifs is 1. The van der Waals surface area contributed by atoms with Crippen LogP contribution in [0.25, 0.3) is 11.0 Å². The molecule has 2 fully saturated rings. The van der Waals surface area contributed by atoms with E-state index in [1.807, 2.05) is 6.92 Å². The maximum Gasteiger partial charge on any atom is 0.311 e. The first kappa shape index (κ1) is 25.4. The molecule has 0 spiro atoms. The number of methoxy groups -OCH3 is 1. The van der Waals surface area contributed by atoms with Crippen LogP contribution in [0.3, 0.4) is 0 Å². The van der Waals surface area contributed by atoms with E-state index >= 15 is 4.39 Å². The second-order valence-electron chi connectivity index (χ2n) is 10.3. The predicted molar refractivity (Wildman–Crippen MR) is 132 cm³/mol. The van der Waals surface area contributed by atoms with Gasteiger partial charge in [0.1, 0.15) is 23.2 Å². The summed E-state index contributed by atoms with van der Waals surface area (Å²) in [5.74, 6) is -0.910. The summed E-state index contributed by atoms with van der Waals surface area (Å²) >= 11 is 0. The minimum Gasteiger partial charge on any atom is -0.469 e. The second-order valence-corrected chi connectivity index (χ2v) is 10.3. The monoisotopic (exact) mass is 512 g/mol. The Hall–Kier alpha value is -3.27. The largest absolute Gasteiger partial charge is 0.469 e. The van der Waals surface area contributed by atoms with E-state index < -0.39 is 29.7 Å². The van der Waals surface area contributed by atoms with Crippen molar-refractivity contribution in [3.63, 3.8) is 0 Å². The highest BCUT2D eigenvalue weighted by Crippen LogP contribution is 2.39. The Bertz CT molecular complexity index is 1280. The smallest absolute Gasteiger partial charge is 0.311 e. The van der Waals surface area contributed by atoms with Gasteiger partial charge in [0.25, 0.3) is 5.91 Å². The van der Waals surface area contributed by atoms with Crippen LogP contribution < -0.4 is 5.32 Å². The van der Waals surface area contributed by atoms with E-state index in [-0.39, 0.29) is 30.6 Å². The standard InChI is InChI=1S/C27H33FN4O5/c1-4-20-19(13-37-32-20)26(33)31-23(15-7-5-14(2)6-8-15)25-29-21-10-9-16(22(28)24(21)30-25)17-11-36-12-18(17)27(34)35-3/h9-10,13-15,17-18,23H,4-8,11-12H2,1-3H3,(H,29,30)(H,31,33)/t14?,15?,17?,18?,23-/m0/s1. The number of amides is 1. The van der Waals surface area contributed by atoms with Gasteiger partial charge in [-0.15, -0.1) is 0 Å². The number of rotatable bonds is 7. The maximum atomic E-state index is 15.8. The molecule has 1 aliphatic carbocycles. The summed E-state index contributed by atoms with van der Waals surface area (Å²) in [4.78, 5) is 33.4. The molecule has 2 unspecified atom stereocenters. The van der Waals surface area contributed by atoms with E-state index in [1.54, 1.807) is 12.1 Å². The number of nitrogens with zero attached hydrogens (tertiary/aromatic N) is 2. The Morgan fingerprint density at radius 1 is 1.24 bits per heavy atom. The average Bonchev–Trinajstić information content (AvgIpc) is 3.67. The molecule has 37 heavy (non-hydrogen) atoms. The van der Waals surface area contributed by atoms with E-state index in [4.69, 9.17) is 14.0 Å². The van der Waals surface area contributed by atoms with Crippen molar-refractivity contribution in [3.05, 3.63) is 46.9 Å². The molecule has 0 radical (unpaired) electrons. The number of H-pyrrole nitrogens is 1. The highest BCUT2D eigenvalue weighted by molar-refractivity contribution is 5.95. The molecule has 1 saturated heterocycles. The number of halogens is 1. The Morgan fingerprint density at radius 2 is 2.03 bits per heavy atom. The zero-order valence-electron chi connectivity index (χ0n) is 21.4. The lowest BCUT2D eigenvalue weighted by Crippen LogP contribution is -2.36. The fourth-order valence-electron chi connectivity index (χ4n) is 5.70. The number of hydrogen-bond acceptors (Lipinski definition) is 7. The summed E-state index contributed by atoms with van der Waals surface area (Å²) in [6.45, 7) is 4.57. The highest BCUT2D eigenvalue weighted by atomic mass is 19.1. The molecule has 2 aliphatic rings. The molecule has 1 aliphatic heterocycles. The number of carbonyl (C=O) groups excluding carboxylic acids is 2. The molecule has 3 atom stereocenters. The number of benzene rings is 1. The third-order valence-corrected chi connectivity index (χ3v) is 7.96. The van der Waals surface area contributed by atoms with Crippen molar-refractivity contribution in [2.75, 3.05) is 20.3 Å². The summed E-state index contributed by atoms with van der Waals surface area (Å²) < 4.78 is 31.2. The van der Waals surface area contributed by atoms with Gasteiger partial charge in [-0.3, -0.25) is 9.59 Å². The van der Waals surface area contributed by atoms with Crippen molar-refractivity contribution < 1.29 is 28.0 Å². The van der Waals surface area contributed by atoms with E-state index in [0.717, 1.165) is 25.7 Å². The minimum atomic E-state index is -0.567. The molecule has 0 bridgehead atoms. The van der Waals surface area contributed by atoms with Gasteiger partial charge in [-0.25, -0.2) is 9.37 Å². The molecule has 2 aromatic heterocycles. The topological polar surface area (TPSA) is 119 Å². The van der Waals surface area contributed by atoms with Crippen LogP contribution in [0.5, 0.6) is 0 Å². The van der Waals surface area contributed by atoms with Crippen LogP contribution in [0.2, 0.25) is 0 Å². The summed E-state index contributed by atoms with van der Waals surface area (Å²) in [6, 6.07) is 3.02. The number of aromatic nitrogens is 3. The van der Waals surface area contributed by atoms with Crippen LogP contribution in [-0.2, 0) is 20.7 Å². The van der Waals surface area contributed by atoms with Gasteiger partial charge in [0, 0.05) is 5.92 Å². The molecule has 10 heteroatoms. The third-order valence-electron chi connectivity index (χ3n) is 7.96. The number of hydrogen-bond donors (Lipinski definition) is 2. The van der Waals surface area contributed by atoms with Gasteiger partial charge in [0.2, 0.25) is 0 Å². The number of carbonyl (C=O) groups is 2. The molecule has 3 aromatic rings. The molecule has 1 amide bonds. The highest BCUT2D eigenvalue weighted by Gasteiger charge is 2.38. The summed E-state index contributed by atoms with van der Waals surface area (Å²) in [7, 11) is 1.32. The normalized spacial score (nSPS) is 24.8. The SMILES string of the molecule is CCc1nocc1C(=O)N[C@H](c1nc2c(F)c(C3COCC3C(=O)OC)ccc2[nH]1)C1CCC(C)CC1. The first-order valence-electron chi connectivity index (χ1n) is 13.0. The molecular weight excluding hydrogens is 479 g/mol. The van der Waals surface area contributed by atoms with Gasteiger partial charge in [-0.05, 0) is 42.7 Å². The number of esters is 1. The van der Waals surface area contributed by atoms with Crippen molar-refractivity contribution in [2.45, 2.75) is 57.9 Å². The van der Waals surface area contributed by atoms with Gasteiger partial charge in [-0.1, -0.05) is 37.9 Å². The molecular formula is C27H33FN4O5. The maximum absolute atomic E-state index is 15.8. The number of ether oxygens (including phenoxy) is 2. The molecule has 9 nitrogen and oxygen atoms in total. The Balaban J connectivity index is 1.49. The van der Waals surface area contributed by atoms with Gasteiger partial charge in [-0.2, -0.15) is 0 Å². The van der Waals surface area contributed by atoms with Crippen molar-refractivity contribution in [2.24, 2.45) is 17.8 Å². The van der Waals surface area contributed by atoms with Crippen molar-refractivity contribution in [3.8, 4) is 0 Å². The van der Waals surface area contributed by atoms with Gasteiger partial charge < -0.3 is 24.3 Å². The predicted octanol–water partition coefficient (Wildman–Crippen LogP) is 4.45. The van der Waals surface area contributed by atoms with Crippen LogP contribution in [0, 0.1) is 23.6 Å². The molecule has 198 valence electrons. The van der Waals surface area contributed by atoms with Gasteiger partial charge in [0.05, 0.1) is 43.5 Å². The molecule has 3 heterocycles. The van der Waals surface area contributed by atoms with Crippen molar-refractivity contribution >= 4 is 22.9 Å². The first-order chi connectivity index (χ1) is 17.9. The van der Waals surface area contributed by atoms with Crippen molar-refractivity contribution in [1.29, 1.82) is 0 Å². The fourth-order valence-corrected chi connectivity index (χ4v) is 5.70. The van der Waals surface area contributed by atoms with E-state index in [0.29, 0.717) is 40.5 Å². The van der Waals surface area contributed by atoms with Gasteiger partial charge >= 0.3 is 5.97 Å². The number of imidazole rings is 1. The molecule has 1 aromatic carbocycles. The average molecular weight is 513 g/mol. The fraction of sp³-hybridized carbons (Fsp3) is 0.556. The lowest BCUT2D eigenvalue weighted by molar-refractivity contribution is -0.145. The first-order valence-corrected chi connectivity index (χ1v) is 13.0. The third kappa shape index (κ3) is 4.86. The quantitative estimate of drug-likeness (QED) is 0.449. The molecule has 2 N–H and O–H groups in total. The van der Waals surface area contributed by atoms with Crippen LogP contribution in [0.1, 0.15) is 78.9 Å². The second kappa shape index (κ2) is 10.6. The Morgan fingerprint density at radius 3 is 2.76 bits per heavy atom. The summed E-state index contributed by atoms with van der Waals surface area (Å²) in [5.41, 5.74) is 2.09. The summed E-state index contributed by atoms with van der Waals surface area (Å²) in [6.07, 6.45) is 5.91. The Labute approximate surface area is 214 Å². The number of nitrogens with one attached hydrogen (secondary N) is 2. The van der Waals surface area contributed by atoms with Crippen LogP contribution in [0.15, 0.2) is 22.9 Å². The van der Waals surface area contributed by atoms with Gasteiger partial charge in [0.15, 0.2) is 5.82 Å². The molecule has 5 rings (SSSR count). The zero-order valence-corrected chi connectivity index (χ0v) is 21.4. The van der Waals surface area contributed by atoms with Crippen LogP contribution >= 0.6 is 0 Å². The van der Waals surface area contributed by atoms with E-state index in [1.165, 1.54) is 13.4 Å². The summed E-state index contributed by atoms with van der Waals surface area (Å²) in [5, 5.41) is 7.06. The zero-order chi connectivity index (χ0) is 26.1. The Kier molecular flexibility index (Phi) is 7.28. The lowest BCUT2D eigenvalue weighted by atomic mass is 9.79.